The third-order valence-electron chi connectivity index (χ3n) is 2.45. The van der Waals surface area contributed by atoms with Gasteiger partial charge >= 0.3 is 0 Å². The number of benzene rings is 1. The number of carbonyl (C=O) groups is 1. The molecule has 0 aliphatic carbocycles. The first-order valence-electron chi connectivity index (χ1n) is 5.93. The Hall–Kier alpha value is -1.02. The average Bonchev–Trinajstić information content (AvgIpc) is 2.33. The number of nitrogens with zero attached hydrogens (tertiary/aromatic N) is 1. The number of anilines is 1. The van der Waals surface area contributed by atoms with Crippen LogP contribution in [-0.4, -0.2) is 47.4 Å². The highest BCUT2D eigenvalue weighted by molar-refractivity contribution is 7.92. The minimum Gasteiger partial charge on any atom is -0.383 e. The van der Waals surface area contributed by atoms with Gasteiger partial charge in [-0.05, 0) is 18.2 Å². The maximum absolute atomic E-state index is 11.9. The first-order valence-corrected chi connectivity index (χ1v) is 8.54. The summed E-state index contributed by atoms with van der Waals surface area (Å²) in [5, 5.41) is 3.12. The fourth-order valence-electron chi connectivity index (χ4n) is 1.56. The molecule has 21 heavy (non-hydrogen) atoms. The zero-order valence-electron chi connectivity index (χ0n) is 11.6. The number of carbonyl (C=O) groups excluding carboxylic acids is 1. The zero-order chi connectivity index (χ0) is 16.0. The predicted molar refractivity (Wildman–Crippen MR) is 83.5 cm³/mol. The van der Waals surface area contributed by atoms with Gasteiger partial charge in [0.05, 0.1) is 18.6 Å². The monoisotopic (exact) mass is 354 g/mol. The third-order valence-corrected chi connectivity index (χ3v) is 4.03. The Kier molecular flexibility index (Phi) is 6.73. The normalized spacial score (nSPS) is 11.2. The van der Waals surface area contributed by atoms with Crippen LogP contribution in [0.1, 0.15) is 0 Å². The summed E-state index contributed by atoms with van der Waals surface area (Å²) in [5.74, 6) is -0.450. The lowest BCUT2D eigenvalue weighted by atomic mass is 10.3. The molecule has 0 aliphatic rings. The molecule has 118 valence electrons. The maximum atomic E-state index is 11.9. The van der Waals surface area contributed by atoms with Gasteiger partial charge < -0.3 is 10.1 Å². The van der Waals surface area contributed by atoms with Gasteiger partial charge in [-0.2, -0.15) is 0 Å². The Morgan fingerprint density at radius 1 is 1.29 bits per heavy atom. The Morgan fingerprint density at radius 3 is 2.33 bits per heavy atom. The molecule has 1 amide bonds. The second kappa shape index (κ2) is 7.84. The lowest BCUT2D eigenvalue weighted by Gasteiger charge is -2.22. The molecule has 0 saturated carbocycles. The zero-order valence-corrected chi connectivity index (χ0v) is 13.9. The standard InChI is InChI=1S/C12H16Cl2N2O4S/c1-20-4-3-15-12(17)8-16(21(2,18)19)11-6-9(13)5-10(14)7-11/h5-7H,3-4,8H2,1-2H3,(H,15,17). The number of amides is 1. The van der Waals surface area contributed by atoms with E-state index >= 15 is 0 Å². The second-order valence-electron chi connectivity index (χ2n) is 4.24. The molecule has 0 bridgehead atoms. The molecule has 0 spiro atoms. The number of nitrogens with one attached hydrogen (secondary N) is 1. The van der Waals surface area contributed by atoms with Crippen LogP contribution in [0, 0.1) is 0 Å². The lowest BCUT2D eigenvalue weighted by molar-refractivity contribution is -0.119. The van der Waals surface area contributed by atoms with Crippen molar-refractivity contribution >= 4 is 44.8 Å². The van der Waals surface area contributed by atoms with E-state index in [1.165, 1.54) is 25.3 Å². The molecule has 1 aromatic rings. The molecule has 0 unspecified atom stereocenters. The molecule has 9 heteroatoms. The van der Waals surface area contributed by atoms with Crippen LogP contribution in [0.4, 0.5) is 5.69 Å². The summed E-state index contributed by atoms with van der Waals surface area (Å²) < 4.78 is 29.4. The van der Waals surface area contributed by atoms with E-state index in [0.29, 0.717) is 13.2 Å². The molecule has 1 rings (SSSR count). The van der Waals surface area contributed by atoms with Crippen LogP contribution in [0.15, 0.2) is 18.2 Å². The van der Waals surface area contributed by atoms with E-state index < -0.39 is 15.9 Å². The van der Waals surface area contributed by atoms with Crippen LogP contribution in [0.25, 0.3) is 0 Å². The first-order chi connectivity index (χ1) is 9.74. The highest BCUT2D eigenvalue weighted by Gasteiger charge is 2.21. The van der Waals surface area contributed by atoms with Crippen LogP contribution < -0.4 is 9.62 Å². The van der Waals surface area contributed by atoms with E-state index in [0.717, 1.165) is 10.6 Å². The predicted octanol–water partition coefficient (Wildman–Crippen LogP) is 1.52. The first kappa shape index (κ1) is 18.0. The Balaban J connectivity index is 2.94. The van der Waals surface area contributed by atoms with Gasteiger partial charge in [0.2, 0.25) is 15.9 Å². The summed E-state index contributed by atoms with van der Waals surface area (Å²) >= 11 is 11.7. The lowest BCUT2D eigenvalue weighted by Crippen LogP contribution is -2.41. The third kappa shape index (κ3) is 6.09. The van der Waals surface area contributed by atoms with Crippen LogP contribution in [0.2, 0.25) is 10.0 Å². The minimum absolute atomic E-state index is 0.233. The SMILES string of the molecule is COCCNC(=O)CN(c1cc(Cl)cc(Cl)c1)S(C)(=O)=O. The topological polar surface area (TPSA) is 75.7 Å². The summed E-state index contributed by atoms with van der Waals surface area (Å²) in [7, 11) is -2.15. The quantitative estimate of drug-likeness (QED) is 0.753. The highest BCUT2D eigenvalue weighted by atomic mass is 35.5. The molecule has 0 radical (unpaired) electrons. The summed E-state index contributed by atoms with van der Waals surface area (Å²) in [6, 6.07) is 4.33. The maximum Gasteiger partial charge on any atom is 0.240 e. The van der Waals surface area contributed by atoms with Gasteiger partial charge in [0.1, 0.15) is 6.54 Å². The Bertz CT molecular complexity index is 587. The van der Waals surface area contributed by atoms with E-state index in [1.807, 2.05) is 0 Å². The molecule has 0 aliphatic heterocycles. The van der Waals surface area contributed by atoms with E-state index in [1.54, 1.807) is 0 Å². The van der Waals surface area contributed by atoms with E-state index in [-0.39, 0.29) is 22.3 Å². The van der Waals surface area contributed by atoms with Gasteiger partial charge in [0, 0.05) is 23.7 Å². The molecule has 0 heterocycles. The molecule has 0 saturated heterocycles. The molecule has 1 aromatic carbocycles. The molecular weight excluding hydrogens is 339 g/mol. The summed E-state index contributed by atoms with van der Waals surface area (Å²) in [6.45, 7) is 0.274. The number of ether oxygens (including phenoxy) is 1. The van der Waals surface area contributed by atoms with Gasteiger partial charge in [-0.1, -0.05) is 23.2 Å². The van der Waals surface area contributed by atoms with Crippen molar-refractivity contribution in [3.63, 3.8) is 0 Å². The van der Waals surface area contributed by atoms with Gasteiger partial charge in [-0.25, -0.2) is 8.42 Å². The van der Waals surface area contributed by atoms with Crippen molar-refractivity contribution < 1.29 is 17.9 Å². The van der Waals surface area contributed by atoms with Crippen molar-refractivity contribution in [1.29, 1.82) is 0 Å². The molecule has 0 fully saturated rings. The summed E-state index contributed by atoms with van der Waals surface area (Å²) in [4.78, 5) is 11.8. The molecule has 0 atom stereocenters. The van der Waals surface area contributed by atoms with Crippen molar-refractivity contribution in [1.82, 2.24) is 5.32 Å². The van der Waals surface area contributed by atoms with Crippen molar-refractivity contribution in [2.45, 2.75) is 0 Å². The van der Waals surface area contributed by atoms with Crippen molar-refractivity contribution in [2.75, 3.05) is 37.4 Å². The number of hydrogen-bond acceptors (Lipinski definition) is 4. The van der Waals surface area contributed by atoms with E-state index in [2.05, 4.69) is 5.32 Å². The Labute approximate surface area is 134 Å². The largest absolute Gasteiger partial charge is 0.383 e. The number of sulfonamides is 1. The molecular formula is C12H16Cl2N2O4S. The fraction of sp³-hybridized carbons (Fsp3) is 0.417. The number of rotatable bonds is 7. The molecule has 1 N–H and O–H groups in total. The molecule has 0 aromatic heterocycles. The van der Waals surface area contributed by atoms with Gasteiger partial charge in [-0.3, -0.25) is 9.10 Å². The van der Waals surface area contributed by atoms with Crippen molar-refractivity contribution in [3.8, 4) is 0 Å². The number of hydrogen-bond donors (Lipinski definition) is 1. The molecule has 6 nitrogen and oxygen atoms in total. The van der Waals surface area contributed by atoms with Gasteiger partial charge in [0.15, 0.2) is 0 Å². The number of halogens is 2. The minimum atomic E-state index is -3.65. The number of methoxy groups -OCH3 is 1. The van der Waals surface area contributed by atoms with Crippen molar-refractivity contribution in [3.05, 3.63) is 28.2 Å². The van der Waals surface area contributed by atoms with Crippen molar-refractivity contribution in [2.24, 2.45) is 0 Å². The highest BCUT2D eigenvalue weighted by Crippen LogP contribution is 2.26. The summed E-state index contributed by atoms with van der Waals surface area (Å²) in [6.07, 6.45) is 1.00. The smallest absolute Gasteiger partial charge is 0.240 e. The van der Waals surface area contributed by atoms with Gasteiger partial charge in [0.25, 0.3) is 0 Å². The average molecular weight is 355 g/mol. The van der Waals surface area contributed by atoms with E-state index in [9.17, 15) is 13.2 Å². The fourth-order valence-corrected chi connectivity index (χ4v) is 2.92. The second-order valence-corrected chi connectivity index (χ2v) is 7.02. The van der Waals surface area contributed by atoms with Gasteiger partial charge in [-0.15, -0.1) is 0 Å². The van der Waals surface area contributed by atoms with Crippen LogP contribution in [0.5, 0.6) is 0 Å². The van der Waals surface area contributed by atoms with Crippen LogP contribution in [0.3, 0.4) is 0 Å². The van der Waals surface area contributed by atoms with E-state index in [4.69, 9.17) is 27.9 Å². The van der Waals surface area contributed by atoms with Crippen LogP contribution in [-0.2, 0) is 19.6 Å². The Morgan fingerprint density at radius 2 is 1.86 bits per heavy atom. The summed E-state index contributed by atoms with van der Waals surface area (Å²) in [5.41, 5.74) is 0.233. The van der Waals surface area contributed by atoms with Crippen LogP contribution >= 0.6 is 23.2 Å².